The molecule has 96 valence electrons. The Morgan fingerprint density at radius 3 is 2.35 bits per heavy atom. The standard InChI is InChI=1S/C12H17NO3.ClH/c14-10-4-3-9(7-11(10)15)12(16)8-13-5-1-2-6-13;/h3-4,7,12,14-16H,1-2,5-6,8H2;1H. The van der Waals surface area contributed by atoms with Gasteiger partial charge in [0, 0.05) is 6.54 Å². The summed E-state index contributed by atoms with van der Waals surface area (Å²) in [6.45, 7) is 2.65. The molecule has 2 rings (SSSR count). The number of likely N-dealkylation sites (tertiary alicyclic amines) is 1. The summed E-state index contributed by atoms with van der Waals surface area (Å²) in [7, 11) is 0. The van der Waals surface area contributed by atoms with E-state index >= 15 is 0 Å². The number of benzene rings is 1. The molecule has 1 aromatic rings. The van der Waals surface area contributed by atoms with Crippen LogP contribution in [0.1, 0.15) is 24.5 Å². The first-order chi connectivity index (χ1) is 7.66. The fourth-order valence-corrected chi connectivity index (χ4v) is 2.06. The van der Waals surface area contributed by atoms with Crippen molar-refractivity contribution in [2.45, 2.75) is 18.9 Å². The molecule has 17 heavy (non-hydrogen) atoms. The lowest BCUT2D eigenvalue weighted by Crippen LogP contribution is -2.25. The van der Waals surface area contributed by atoms with Gasteiger partial charge in [-0.05, 0) is 43.6 Å². The average Bonchev–Trinajstić information content (AvgIpc) is 2.74. The van der Waals surface area contributed by atoms with E-state index in [-0.39, 0.29) is 23.9 Å². The van der Waals surface area contributed by atoms with Crippen LogP contribution in [0.15, 0.2) is 18.2 Å². The molecule has 1 aromatic carbocycles. The summed E-state index contributed by atoms with van der Waals surface area (Å²) in [6.07, 6.45) is 1.77. The monoisotopic (exact) mass is 259 g/mol. The summed E-state index contributed by atoms with van der Waals surface area (Å²) in [5, 5.41) is 28.5. The first kappa shape index (κ1) is 14.1. The van der Waals surface area contributed by atoms with Crippen molar-refractivity contribution in [1.82, 2.24) is 4.90 Å². The quantitative estimate of drug-likeness (QED) is 0.723. The predicted molar refractivity (Wildman–Crippen MR) is 67.7 cm³/mol. The van der Waals surface area contributed by atoms with Gasteiger partial charge in [-0.2, -0.15) is 0 Å². The Labute approximate surface area is 107 Å². The molecule has 0 saturated carbocycles. The van der Waals surface area contributed by atoms with Crippen LogP contribution in [0.3, 0.4) is 0 Å². The normalized spacial score (nSPS) is 17.7. The summed E-state index contributed by atoms with van der Waals surface area (Å²) in [6, 6.07) is 4.45. The number of aliphatic hydroxyl groups excluding tert-OH is 1. The van der Waals surface area contributed by atoms with E-state index in [1.807, 2.05) is 0 Å². The molecular formula is C12H18ClNO3. The molecule has 1 heterocycles. The van der Waals surface area contributed by atoms with Crippen molar-refractivity contribution in [2.24, 2.45) is 0 Å². The van der Waals surface area contributed by atoms with Gasteiger partial charge in [-0.3, -0.25) is 0 Å². The molecule has 0 radical (unpaired) electrons. The van der Waals surface area contributed by atoms with Crippen LogP contribution < -0.4 is 0 Å². The maximum absolute atomic E-state index is 9.96. The second-order valence-corrected chi connectivity index (χ2v) is 4.27. The number of hydrogen-bond donors (Lipinski definition) is 3. The molecule has 3 N–H and O–H groups in total. The minimum absolute atomic E-state index is 0. The number of hydrogen-bond acceptors (Lipinski definition) is 4. The van der Waals surface area contributed by atoms with Gasteiger partial charge in [-0.25, -0.2) is 0 Å². The number of aromatic hydroxyl groups is 2. The number of phenols is 2. The molecule has 1 saturated heterocycles. The third-order valence-electron chi connectivity index (χ3n) is 3.01. The third kappa shape index (κ3) is 3.49. The summed E-state index contributed by atoms with van der Waals surface area (Å²) in [5.41, 5.74) is 0.641. The van der Waals surface area contributed by atoms with E-state index in [1.165, 1.54) is 25.0 Å². The van der Waals surface area contributed by atoms with Crippen LogP contribution >= 0.6 is 12.4 Å². The number of nitrogens with zero attached hydrogens (tertiary/aromatic N) is 1. The molecule has 4 nitrogen and oxygen atoms in total. The largest absolute Gasteiger partial charge is 0.504 e. The van der Waals surface area contributed by atoms with Gasteiger partial charge in [-0.1, -0.05) is 6.07 Å². The molecule has 1 aliphatic rings. The fraction of sp³-hybridized carbons (Fsp3) is 0.500. The van der Waals surface area contributed by atoms with Crippen molar-refractivity contribution in [3.63, 3.8) is 0 Å². The van der Waals surface area contributed by atoms with Crippen LogP contribution in [0.2, 0.25) is 0 Å². The summed E-state index contributed by atoms with van der Waals surface area (Å²) in [4.78, 5) is 2.20. The molecular weight excluding hydrogens is 242 g/mol. The Balaban J connectivity index is 0.00000144. The molecule has 1 fully saturated rings. The van der Waals surface area contributed by atoms with Crippen LogP contribution in [0.25, 0.3) is 0 Å². The second kappa shape index (κ2) is 6.10. The number of aliphatic hydroxyl groups is 1. The van der Waals surface area contributed by atoms with Crippen LogP contribution in [0, 0.1) is 0 Å². The summed E-state index contributed by atoms with van der Waals surface area (Å²) in [5.74, 6) is -0.338. The third-order valence-corrected chi connectivity index (χ3v) is 3.01. The van der Waals surface area contributed by atoms with Crippen molar-refractivity contribution in [3.8, 4) is 11.5 Å². The van der Waals surface area contributed by atoms with E-state index in [9.17, 15) is 10.2 Å². The molecule has 0 amide bonds. The molecule has 1 aliphatic heterocycles. The van der Waals surface area contributed by atoms with E-state index < -0.39 is 6.10 Å². The Kier molecular flexibility index (Phi) is 5.05. The minimum atomic E-state index is -0.607. The van der Waals surface area contributed by atoms with Gasteiger partial charge < -0.3 is 20.2 Å². The highest BCUT2D eigenvalue weighted by atomic mass is 35.5. The van der Waals surface area contributed by atoms with Crippen LogP contribution in [0.5, 0.6) is 11.5 Å². The Hall–Kier alpha value is -0.970. The maximum atomic E-state index is 9.96. The van der Waals surface area contributed by atoms with Gasteiger partial charge in [0.1, 0.15) is 0 Å². The van der Waals surface area contributed by atoms with E-state index in [2.05, 4.69) is 4.90 Å². The molecule has 1 atom stereocenters. The Morgan fingerprint density at radius 2 is 1.76 bits per heavy atom. The molecule has 0 spiro atoms. The SMILES string of the molecule is Cl.Oc1ccc(C(O)CN2CCCC2)cc1O. The van der Waals surface area contributed by atoms with Gasteiger partial charge >= 0.3 is 0 Å². The maximum Gasteiger partial charge on any atom is 0.157 e. The average molecular weight is 260 g/mol. The Morgan fingerprint density at radius 1 is 1.12 bits per heavy atom. The van der Waals surface area contributed by atoms with Crippen molar-refractivity contribution < 1.29 is 15.3 Å². The van der Waals surface area contributed by atoms with Crippen LogP contribution in [0.4, 0.5) is 0 Å². The number of β-amino-alcohol motifs (C(OH)–C–C–N with tert-alkyl or cyclic N) is 1. The van der Waals surface area contributed by atoms with E-state index in [1.54, 1.807) is 6.07 Å². The van der Waals surface area contributed by atoms with Crippen molar-refractivity contribution in [3.05, 3.63) is 23.8 Å². The lowest BCUT2D eigenvalue weighted by Gasteiger charge is -2.19. The number of rotatable bonds is 3. The van der Waals surface area contributed by atoms with Crippen LogP contribution in [-0.2, 0) is 0 Å². The van der Waals surface area contributed by atoms with Crippen LogP contribution in [-0.4, -0.2) is 39.9 Å². The van der Waals surface area contributed by atoms with E-state index in [0.717, 1.165) is 13.1 Å². The highest BCUT2D eigenvalue weighted by Crippen LogP contribution is 2.28. The van der Waals surface area contributed by atoms with Gasteiger partial charge in [0.25, 0.3) is 0 Å². The first-order valence-corrected chi connectivity index (χ1v) is 5.59. The van der Waals surface area contributed by atoms with Crippen molar-refractivity contribution in [2.75, 3.05) is 19.6 Å². The number of halogens is 1. The van der Waals surface area contributed by atoms with Gasteiger partial charge in [0.2, 0.25) is 0 Å². The molecule has 1 unspecified atom stereocenters. The first-order valence-electron chi connectivity index (χ1n) is 5.59. The minimum Gasteiger partial charge on any atom is -0.504 e. The number of phenolic OH excluding ortho intramolecular Hbond substituents is 2. The van der Waals surface area contributed by atoms with Gasteiger partial charge in [-0.15, -0.1) is 12.4 Å². The van der Waals surface area contributed by atoms with E-state index in [4.69, 9.17) is 5.11 Å². The van der Waals surface area contributed by atoms with Gasteiger partial charge in [0.15, 0.2) is 11.5 Å². The Bertz CT molecular complexity index is 367. The second-order valence-electron chi connectivity index (χ2n) is 4.27. The zero-order valence-electron chi connectivity index (χ0n) is 9.54. The zero-order chi connectivity index (χ0) is 11.5. The lowest BCUT2D eigenvalue weighted by atomic mass is 10.1. The predicted octanol–water partition coefficient (Wildman–Crippen LogP) is 1.65. The zero-order valence-corrected chi connectivity index (χ0v) is 10.4. The smallest absolute Gasteiger partial charge is 0.157 e. The van der Waals surface area contributed by atoms with Crippen molar-refractivity contribution >= 4 is 12.4 Å². The highest BCUT2D eigenvalue weighted by molar-refractivity contribution is 5.85. The fourth-order valence-electron chi connectivity index (χ4n) is 2.06. The lowest BCUT2D eigenvalue weighted by molar-refractivity contribution is 0.126. The molecule has 5 heteroatoms. The molecule has 0 bridgehead atoms. The van der Waals surface area contributed by atoms with Gasteiger partial charge in [0.05, 0.1) is 6.10 Å². The highest BCUT2D eigenvalue weighted by Gasteiger charge is 2.17. The molecule has 0 aliphatic carbocycles. The molecule has 0 aromatic heterocycles. The summed E-state index contributed by atoms with van der Waals surface area (Å²) >= 11 is 0. The topological polar surface area (TPSA) is 63.9 Å². The summed E-state index contributed by atoms with van der Waals surface area (Å²) < 4.78 is 0. The van der Waals surface area contributed by atoms with Crippen molar-refractivity contribution in [1.29, 1.82) is 0 Å². The van der Waals surface area contributed by atoms with E-state index in [0.29, 0.717) is 12.1 Å².